The quantitative estimate of drug-likeness (QED) is 0.794. The molecule has 2 aromatic heterocycles. The number of nitrogens with one attached hydrogen (secondary N) is 1. The van der Waals surface area contributed by atoms with Crippen molar-refractivity contribution in [1.82, 2.24) is 9.66 Å². The number of halogens is 3. The van der Waals surface area contributed by atoms with Crippen molar-refractivity contribution in [2.75, 3.05) is 5.43 Å². The number of rotatable bonds is 2. The lowest BCUT2D eigenvalue weighted by Gasteiger charge is -2.11. The first-order chi connectivity index (χ1) is 9.21. The van der Waals surface area contributed by atoms with Crippen molar-refractivity contribution in [3.05, 3.63) is 35.0 Å². The Morgan fingerprint density at radius 1 is 1.10 bits per heavy atom. The molecule has 2 heterocycles. The van der Waals surface area contributed by atoms with Crippen molar-refractivity contribution in [1.29, 1.82) is 0 Å². The summed E-state index contributed by atoms with van der Waals surface area (Å²) < 4.78 is 38.1. The van der Waals surface area contributed by atoms with Crippen LogP contribution in [0.15, 0.2) is 18.3 Å². The van der Waals surface area contributed by atoms with Gasteiger partial charge in [0.25, 0.3) is 0 Å². The predicted octanol–water partition coefficient (Wildman–Crippen LogP) is 2.81. The van der Waals surface area contributed by atoms with E-state index < -0.39 is 11.7 Å². The third kappa shape index (κ3) is 2.36. The van der Waals surface area contributed by atoms with Crippen LogP contribution in [-0.4, -0.2) is 19.9 Å². The fourth-order valence-corrected chi connectivity index (χ4v) is 1.62. The van der Waals surface area contributed by atoms with Gasteiger partial charge in [-0.15, -0.1) is 0 Å². The minimum atomic E-state index is -4.46. The van der Waals surface area contributed by atoms with Gasteiger partial charge in [0.2, 0.25) is 11.8 Å². The Kier molecular flexibility index (Phi) is 3.24. The molecular formula is C12H12F3N3O2. The highest BCUT2D eigenvalue weighted by Gasteiger charge is 2.30. The van der Waals surface area contributed by atoms with Crippen molar-refractivity contribution in [3.8, 4) is 11.8 Å². The van der Waals surface area contributed by atoms with Crippen LogP contribution in [0.2, 0.25) is 0 Å². The Bertz CT molecular complexity index is 607. The van der Waals surface area contributed by atoms with E-state index in [2.05, 4.69) is 10.4 Å². The summed E-state index contributed by atoms with van der Waals surface area (Å²) >= 11 is 0. The SMILES string of the molecule is Cc1c(C)c(O)n(Nc2ccc(C(F)(F)F)cn2)c1O. The average Bonchev–Trinajstić information content (AvgIpc) is 2.56. The molecule has 2 rings (SSSR count). The van der Waals surface area contributed by atoms with E-state index in [1.54, 1.807) is 13.8 Å². The molecule has 0 saturated heterocycles. The van der Waals surface area contributed by atoms with Gasteiger partial charge in [0.05, 0.1) is 5.56 Å². The van der Waals surface area contributed by atoms with Crippen LogP contribution < -0.4 is 5.43 Å². The summed E-state index contributed by atoms with van der Waals surface area (Å²) in [5.41, 5.74) is 2.56. The van der Waals surface area contributed by atoms with Gasteiger partial charge in [-0.2, -0.15) is 17.8 Å². The second-order valence-corrected chi connectivity index (χ2v) is 4.27. The Morgan fingerprint density at radius 3 is 2.05 bits per heavy atom. The zero-order valence-corrected chi connectivity index (χ0v) is 10.7. The minimum absolute atomic E-state index is 0.0543. The fraction of sp³-hybridized carbons (Fsp3) is 0.250. The molecule has 3 N–H and O–H groups in total. The molecule has 0 bridgehead atoms. The average molecular weight is 287 g/mol. The van der Waals surface area contributed by atoms with Gasteiger partial charge < -0.3 is 10.2 Å². The van der Waals surface area contributed by atoms with E-state index in [1.165, 1.54) is 0 Å². The molecule has 0 saturated carbocycles. The van der Waals surface area contributed by atoms with Crippen LogP contribution in [0.3, 0.4) is 0 Å². The van der Waals surface area contributed by atoms with Crippen LogP contribution in [0, 0.1) is 13.8 Å². The molecule has 0 unspecified atom stereocenters. The second-order valence-electron chi connectivity index (χ2n) is 4.27. The van der Waals surface area contributed by atoms with Crippen LogP contribution >= 0.6 is 0 Å². The number of anilines is 1. The topological polar surface area (TPSA) is 70.3 Å². The maximum Gasteiger partial charge on any atom is 0.417 e. The molecule has 20 heavy (non-hydrogen) atoms. The Hall–Kier alpha value is -2.38. The molecule has 0 aromatic carbocycles. The first-order valence-electron chi connectivity index (χ1n) is 5.62. The Labute approximate surface area is 112 Å². The van der Waals surface area contributed by atoms with E-state index in [-0.39, 0.29) is 17.6 Å². The molecule has 0 aliphatic heterocycles. The lowest BCUT2D eigenvalue weighted by Crippen LogP contribution is -2.11. The van der Waals surface area contributed by atoms with Crippen molar-refractivity contribution < 1.29 is 23.4 Å². The van der Waals surface area contributed by atoms with E-state index in [0.29, 0.717) is 17.3 Å². The maximum absolute atomic E-state index is 12.4. The van der Waals surface area contributed by atoms with Gasteiger partial charge in [-0.05, 0) is 26.0 Å². The van der Waals surface area contributed by atoms with Crippen molar-refractivity contribution >= 4 is 5.82 Å². The number of alkyl halides is 3. The van der Waals surface area contributed by atoms with Gasteiger partial charge in [-0.3, -0.25) is 5.43 Å². The standard InChI is InChI=1S/C12H12F3N3O2/c1-6-7(2)11(20)18(10(6)19)17-9-4-3-8(5-16-9)12(13,14)15/h3-5,19-20H,1-2H3,(H,16,17). The zero-order valence-electron chi connectivity index (χ0n) is 10.7. The molecule has 108 valence electrons. The summed E-state index contributed by atoms with van der Waals surface area (Å²) in [6.45, 7) is 3.20. The number of pyridine rings is 1. The highest BCUT2D eigenvalue weighted by molar-refractivity contribution is 5.47. The Balaban J connectivity index is 2.30. The number of aromatic hydroxyl groups is 2. The molecule has 5 nitrogen and oxygen atoms in total. The number of hydrogen-bond acceptors (Lipinski definition) is 4. The summed E-state index contributed by atoms with van der Waals surface area (Å²) in [4.78, 5) is 3.59. The van der Waals surface area contributed by atoms with E-state index >= 15 is 0 Å². The van der Waals surface area contributed by atoms with Gasteiger partial charge in [0, 0.05) is 17.3 Å². The van der Waals surface area contributed by atoms with Crippen LogP contribution in [-0.2, 0) is 6.18 Å². The van der Waals surface area contributed by atoms with Crippen LogP contribution in [0.5, 0.6) is 11.8 Å². The summed E-state index contributed by atoms with van der Waals surface area (Å²) in [5, 5.41) is 19.6. The van der Waals surface area contributed by atoms with Crippen LogP contribution in [0.25, 0.3) is 0 Å². The summed E-state index contributed by atoms with van der Waals surface area (Å²) in [6, 6.07) is 1.96. The molecule has 0 aliphatic carbocycles. The maximum atomic E-state index is 12.4. The molecule has 0 radical (unpaired) electrons. The largest absolute Gasteiger partial charge is 0.493 e. The van der Waals surface area contributed by atoms with E-state index in [9.17, 15) is 23.4 Å². The highest BCUT2D eigenvalue weighted by atomic mass is 19.4. The second kappa shape index (κ2) is 4.62. The molecule has 0 atom stereocenters. The normalized spacial score (nSPS) is 11.7. The number of nitrogens with zero attached hydrogens (tertiary/aromatic N) is 2. The van der Waals surface area contributed by atoms with Gasteiger partial charge in [-0.1, -0.05) is 0 Å². The van der Waals surface area contributed by atoms with Gasteiger partial charge in [-0.25, -0.2) is 4.98 Å². The third-order valence-electron chi connectivity index (χ3n) is 2.97. The van der Waals surface area contributed by atoms with Crippen molar-refractivity contribution in [2.24, 2.45) is 0 Å². The summed E-state index contributed by atoms with van der Waals surface area (Å²) in [6.07, 6.45) is -3.80. The zero-order chi connectivity index (χ0) is 15.1. The van der Waals surface area contributed by atoms with E-state index in [0.717, 1.165) is 16.8 Å². The number of hydrogen-bond donors (Lipinski definition) is 3. The fourth-order valence-electron chi connectivity index (χ4n) is 1.62. The van der Waals surface area contributed by atoms with Gasteiger partial charge >= 0.3 is 6.18 Å². The molecular weight excluding hydrogens is 275 g/mol. The summed E-state index contributed by atoms with van der Waals surface area (Å²) in [7, 11) is 0. The van der Waals surface area contributed by atoms with E-state index in [4.69, 9.17) is 0 Å². The number of aromatic nitrogens is 2. The van der Waals surface area contributed by atoms with Crippen molar-refractivity contribution in [3.63, 3.8) is 0 Å². The highest BCUT2D eigenvalue weighted by Crippen LogP contribution is 2.32. The smallest absolute Gasteiger partial charge is 0.417 e. The molecule has 0 spiro atoms. The predicted molar refractivity (Wildman–Crippen MR) is 65.5 cm³/mol. The van der Waals surface area contributed by atoms with Crippen LogP contribution in [0.4, 0.5) is 19.0 Å². The third-order valence-corrected chi connectivity index (χ3v) is 2.97. The molecule has 2 aromatic rings. The monoisotopic (exact) mass is 287 g/mol. The molecule has 0 fully saturated rings. The first kappa shape index (κ1) is 14.0. The summed E-state index contributed by atoms with van der Waals surface area (Å²) in [5.74, 6) is -0.415. The van der Waals surface area contributed by atoms with Crippen LogP contribution in [0.1, 0.15) is 16.7 Å². The Morgan fingerprint density at radius 2 is 1.65 bits per heavy atom. The lowest BCUT2D eigenvalue weighted by molar-refractivity contribution is -0.137. The van der Waals surface area contributed by atoms with Gasteiger partial charge in [0.15, 0.2) is 0 Å². The lowest BCUT2D eigenvalue weighted by atomic mass is 10.2. The van der Waals surface area contributed by atoms with Gasteiger partial charge in [0.1, 0.15) is 5.82 Å². The van der Waals surface area contributed by atoms with Crippen molar-refractivity contribution in [2.45, 2.75) is 20.0 Å². The minimum Gasteiger partial charge on any atom is -0.493 e. The van der Waals surface area contributed by atoms with E-state index in [1.807, 2.05) is 0 Å². The molecule has 0 aliphatic rings. The molecule has 0 amide bonds. The molecule has 8 heteroatoms. The first-order valence-corrected chi connectivity index (χ1v) is 5.62.